The van der Waals surface area contributed by atoms with Crippen LogP contribution in [0.5, 0.6) is 0 Å². The van der Waals surface area contributed by atoms with Crippen molar-refractivity contribution in [3.8, 4) is 12.3 Å². The van der Waals surface area contributed by atoms with Crippen LogP contribution < -0.4 is 15.4 Å². The van der Waals surface area contributed by atoms with Gasteiger partial charge < -0.3 is 10.6 Å². The number of nitrogens with one attached hydrogen (secondary N) is 3. The van der Waals surface area contributed by atoms with Crippen molar-refractivity contribution >= 4 is 39.1 Å². The zero-order valence-corrected chi connectivity index (χ0v) is 17.4. The van der Waals surface area contributed by atoms with Crippen LogP contribution in [0.25, 0.3) is 0 Å². The van der Waals surface area contributed by atoms with Crippen molar-refractivity contribution < 1.29 is 18.0 Å². The minimum Gasteiger partial charge on any atom is -0.350 e. The maximum absolute atomic E-state index is 12.6. The van der Waals surface area contributed by atoms with Gasteiger partial charge >= 0.3 is 0 Å². The summed E-state index contributed by atoms with van der Waals surface area (Å²) in [6.45, 7) is 3.50. The smallest absolute Gasteiger partial charge is 0.255 e. The highest BCUT2D eigenvalue weighted by Gasteiger charge is 2.17. The topological polar surface area (TPSA) is 104 Å². The van der Waals surface area contributed by atoms with Crippen LogP contribution in [0.1, 0.15) is 34.6 Å². The molecule has 0 heterocycles. The number of halogens is 1. The van der Waals surface area contributed by atoms with E-state index in [4.69, 9.17) is 18.0 Å². The molecule has 9 heteroatoms. The summed E-state index contributed by atoms with van der Waals surface area (Å²) in [5, 5.41) is 5.74. The van der Waals surface area contributed by atoms with Gasteiger partial charge in [0.2, 0.25) is 10.0 Å². The lowest BCUT2D eigenvalue weighted by Gasteiger charge is -2.14. The molecule has 0 aliphatic heterocycles. The number of hydrogen-bond donors (Lipinski definition) is 3. The number of sulfonamides is 1. The molecule has 0 unspecified atom stereocenters. The van der Waals surface area contributed by atoms with Crippen LogP contribution in [-0.2, 0) is 10.0 Å². The fraction of sp³-hybridized carbons (Fsp3) is 0.200. The zero-order valence-electron chi connectivity index (χ0n) is 15.8. The maximum atomic E-state index is 12.6. The third kappa shape index (κ3) is 6.06. The minimum absolute atomic E-state index is 0.0240. The SMILES string of the molecule is C#CCNS(=O)(=O)c1ccc(C(=O)Nc2cc(Cl)ccc2C(=O)NC(C)C)cc1. The third-order valence-electron chi connectivity index (χ3n) is 3.69. The standard InChI is InChI=1S/C20H20ClN3O4S/c1-4-11-22-29(27,28)16-8-5-14(6-9-16)19(25)24-18-12-15(21)7-10-17(18)20(26)23-13(2)3/h1,5-10,12-13,22H,11H2,2-3H3,(H,23,26)(H,24,25). The van der Waals surface area contributed by atoms with Crippen molar-refractivity contribution in [2.75, 3.05) is 11.9 Å². The lowest BCUT2D eigenvalue weighted by atomic mass is 10.1. The van der Waals surface area contributed by atoms with Gasteiger partial charge in [-0.3, -0.25) is 9.59 Å². The van der Waals surface area contributed by atoms with Gasteiger partial charge in [-0.1, -0.05) is 17.5 Å². The van der Waals surface area contributed by atoms with E-state index in [0.29, 0.717) is 5.02 Å². The summed E-state index contributed by atoms with van der Waals surface area (Å²) in [7, 11) is -3.75. The summed E-state index contributed by atoms with van der Waals surface area (Å²) in [5.41, 5.74) is 0.707. The van der Waals surface area contributed by atoms with Gasteiger partial charge in [0.1, 0.15) is 0 Å². The average Bonchev–Trinajstić information content (AvgIpc) is 2.66. The number of carbonyl (C=O) groups is 2. The first-order valence-corrected chi connectivity index (χ1v) is 10.4. The first kappa shape index (κ1) is 22.4. The Morgan fingerprint density at radius 2 is 1.76 bits per heavy atom. The van der Waals surface area contributed by atoms with Gasteiger partial charge in [0.15, 0.2) is 0 Å². The van der Waals surface area contributed by atoms with Crippen molar-refractivity contribution in [2.24, 2.45) is 0 Å². The highest BCUT2D eigenvalue weighted by atomic mass is 35.5. The molecule has 2 rings (SSSR count). The molecule has 0 spiro atoms. The quantitative estimate of drug-likeness (QED) is 0.584. The number of carbonyl (C=O) groups excluding carboxylic acids is 2. The molecule has 2 amide bonds. The average molecular weight is 434 g/mol. The molecule has 0 aliphatic rings. The number of anilines is 1. The predicted octanol–water partition coefficient (Wildman–Crippen LogP) is 2.64. The molecule has 152 valence electrons. The number of amides is 2. The third-order valence-corrected chi connectivity index (χ3v) is 5.34. The van der Waals surface area contributed by atoms with E-state index in [0.717, 1.165) is 0 Å². The number of hydrogen-bond acceptors (Lipinski definition) is 4. The van der Waals surface area contributed by atoms with E-state index in [2.05, 4.69) is 21.3 Å². The van der Waals surface area contributed by atoms with Crippen molar-refractivity contribution in [1.82, 2.24) is 10.0 Å². The van der Waals surface area contributed by atoms with Crippen LogP contribution in [0, 0.1) is 12.3 Å². The second-order valence-corrected chi connectivity index (χ2v) is 8.53. The van der Waals surface area contributed by atoms with E-state index < -0.39 is 15.9 Å². The van der Waals surface area contributed by atoms with Gasteiger partial charge in [0, 0.05) is 16.6 Å². The highest BCUT2D eigenvalue weighted by Crippen LogP contribution is 2.22. The second kappa shape index (κ2) is 9.56. The molecule has 0 fully saturated rings. The zero-order chi connectivity index (χ0) is 21.6. The number of benzene rings is 2. The lowest BCUT2D eigenvalue weighted by molar-refractivity contribution is 0.0944. The largest absolute Gasteiger partial charge is 0.350 e. The van der Waals surface area contributed by atoms with Crippen LogP contribution in [0.15, 0.2) is 47.4 Å². The van der Waals surface area contributed by atoms with Crippen molar-refractivity contribution in [3.05, 3.63) is 58.6 Å². The first-order valence-electron chi connectivity index (χ1n) is 8.59. The molecule has 29 heavy (non-hydrogen) atoms. The summed E-state index contributed by atoms with van der Waals surface area (Å²) < 4.78 is 26.3. The van der Waals surface area contributed by atoms with Gasteiger partial charge in [-0.25, -0.2) is 8.42 Å². The second-order valence-electron chi connectivity index (χ2n) is 6.33. The lowest BCUT2D eigenvalue weighted by Crippen LogP contribution is -2.31. The van der Waals surface area contributed by atoms with Gasteiger partial charge in [0.25, 0.3) is 11.8 Å². The van der Waals surface area contributed by atoms with Crippen LogP contribution in [-0.4, -0.2) is 32.8 Å². The molecule has 2 aromatic rings. The van der Waals surface area contributed by atoms with Crippen molar-refractivity contribution in [3.63, 3.8) is 0 Å². The Morgan fingerprint density at radius 1 is 1.10 bits per heavy atom. The molecule has 3 N–H and O–H groups in total. The Kier molecular flexibility index (Phi) is 7.40. The van der Waals surface area contributed by atoms with Gasteiger partial charge in [-0.15, -0.1) is 6.42 Å². The van der Waals surface area contributed by atoms with E-state index in [9.17, 15) is 18.0 Å². The van der Waals surface area contributed by atoms with Gasteiger partial charge in [0.05, 0.1) is 22.7 Å². The molecule has 7 nitrogen and oxygen atoms in total. The maximum Gasteiger partial charge on any atom is 0.255 e. The molecule has 0 radical (unpaired) electrons. The van der Waals surface area contributed by atoms with Crippen LogP contribution >= 0.6 is 11.6 Å². The number of rotatable bonds is 7. The van der Waals surface area contributed by atoms with Crippen molar-refractivity contribution in [1.29, 1.82) is 0 Å². The highest BCUT2D eigenvalue weighted by molar-refractivity contribution is 7.89. The Labute approximate surface area is 174 Å². The number of terminal acetylenes is 1. The fourth-order valence-corrected chi connectivity index (χ4v) is 3.46. The molecule has 0 atom stereocenters. The first-order chi connectivity index (χ1) is 13.6. The van der Waals surface area contributed by atoms with E-state index in [1.807, 2.05) is 13.8 Å². The van der Waals surface area contributed by atoms with Gasteiger partial charge in [-0.05, 0) is 56.3 Å². The van der Waals surface area contributed by atoms with E-state index in [1.54, 1.807) is 6.07 Å². The van der Waals surface area contributed by atoms with E-state index in [1.165, 1.54) is 36.4 Å². The normalized spacial score (nSPS) is 11.0. The van der Waals surface area contributed by atoms with Gasteiger partial charge in [-0.2, -0.15) is 4.72 Å². The molecule has 0 saturated heterocycles. The Bertz CT molecular complexity index is 1060. The molecule has 0 aliphatic carbocycles. The Balaban J connectivity index is 2.24. The summed E-state index contributed by atoms with van der Waals surface area (Å²) in [4.78, 5) is 24.9. The predicted molar refractivity (Wildman–Crippen MR) is 112 cm³/mol. The summed E-state index contributed by atoms with van der Waals surface area (Å²) in [6.07, 6.45) is 5.05. The Morgan fingerprint density at radius 3 is 2.34 bits per heavy atom. The summed E-state index contributed by atoms with van der Waals surface area (Å²) in [5.74, 6) is 1.31. The molecule has 2 aromatic carbocycles. The molecule has 0 bridgehead atoms. The van der Waals surface area contributed by atoms with E-state index >= 15 is 0 Å². The summed E-state index contributed by atoms with van der Waals surface area (Å²) >= 11 is 6.00. The monoisotopic (exact) mass is 433 g/mol. The van der Waals surface area contributed by atoms with Crippen LogP contribution in [0.3, 0.4) is 0 Å². The molecule has 0 aromatic heterocycles. The van der Waals surface area contributed by atoms with Crippen molar-refractivity contribution in [2.45, 2.75) is 24.8 Å². The summed E-state index contributed by atoms with van der Waals surface area (Å²) in [6, 6.07) is 9.75. The van der Waals surface area contributed by atoms with E-state index in [-0.39, 0.29) is 40.2 Å². The molecular formula is C20H20ClN3O4S. The van der Waals surface area contributed by atoms with Crippen LogP contribution in [0.2, 0.25) is 5.02 Å². The Hall–Kier alpha value is -2.86. The minimum atomic E-state index is -3.75. The molecule has 0 saturated carbocycles. The fourth-order valence-electron chi connectivity index (χ4n) is 2.36. The van der Waals surface area contributed by atoms with Crippen LogP contribution in [0.4, 0.5) is 5.69 Å². The molecular weight excluding hydrogens is 414 g/mol.